The Kier molecular flexibility index (Phi) is 5.36. The Bertz CT molecular complexity index is 683. The number of carbonyl (C=O) groups is 1. The lowest BCUT2D eigenvalue weighted by Crippen LogP contribution is -2.27. The molecule has 0 amide bonds. The number of nitro groups is 1. The van der Waals surface area contributed by atoms with Crippen molar-refractivity contribution in [1.82, 2.24) is 15.0 Å². The summed E-state index contributed by atoms with van der Waals surface area (Å²) < 4.78 is 9.97. The summed E-state index contributed by atoms with van der Waals surface area (Å²) in [6.45, 7) is 2.48. The number of hydrogen-bond donors (Lipinski definition) is 0. The van der Waals surface area contributed by atoms with Crippen LogP contribution in [0, 0.1) is 10.1 Å². The summed E-state index contributed by atoms with van der Waals surface area (Å²) in [4.78, 5) is 27.4. The van der Waals surface area contributed by atoms with Gasteiger partial charge in [-0.2, -0.15) is 4.98 Å². The van der Waals surface area contributed by atoms with E-state index in [1.165, 1.54) is 12.1 Å². The largest absolute Gasteiger partial charge is 0.465 e. The van der Waals surface area contributed by atoms with Gasteiger partial charge in [0.05, 0.1) is 24.6 Å². The maximum Gasteiger partial charge on any atom is 0.320 e. The molecule has 0 atom stereocenters. The minimum absolute atomic E-state index is 0.00774. The molecule has 1 aromatic heterocycles. The minimum atomic E-state index is -0.476. The average Bonchev–Trinajstić information content (AvgIpc) is 2.95. The number of rotatable bonds is 7. The lowest BCUT2D eigenvalue weighted by Gasteiger charge is -2.12. The van der Waals surface area contributed by atoms with Gasteiger partial charge in [-0.15, -0.1) is 0 Å². The molecule has 0 unspecified atom stereocenters. The van der Waals surface area contributed by atoms with Crippen LogP contribution in [0.4, 0.5) is 5.69 Å². The molecule has 1 aromatic carbocycles. The standard InChI is InChI=1S/C14H16N4O5/c1-3-22-13(19)9-17(2)8-12-15-14(16-23-12)10-4-6-11(7-5-10)18(20)21/h4-7H,3,8-9H2,1-2H3. The molecular formula is C14H16N4O5. The van der Waals surface area contributed by atoms with Gasteiger partial charge in [-0.3, -0.25) is 19.8 Å². The van der Waals surface area contributed by atoms with Gasteiger partial charge in [0.2, 0.25) is 11.7 Å². The first-order valence-electron chi connectivity index (χ1n) is 6.91. The first kappa shape index (κ1) is 16.6. The zero-order valence-corrected chi connectivity index (χ0v) is 12.8. The molecule has 0 fully saturated rings. The van der Waals surface area contributed by atoms with Crippen molar-refractivity contribution < 1.29 is 19.0 Å². The third-order valence-electron chi connectivity index (χ3n) is 2.91. The van der Waals surface area contributed by atoms with Crippen molar-refractivity contribution >= 4 is 11.7 Å². The van der Waals surface area contributed by atoms with E-state index in [1.807, 2.05) is 0 Å². The molecule has 9 nitrogen and oxygen atoms in total. The lowest BCUT2D eigenvalue weighted by molar-refractivity contribution is -0.384. The molecule has 0 N–H and O–H groups in total. The molecule has 0 saturated carbocycles. The van der Waals surface area contributed by atoms with E-state index < -0.39 is 4.92 Å². The fourth-order valence-electron chi connectivity index (χ4n) is 1.88. The molecule has 1 heterocycles. The molecule has 0 saturated heterocycles. The van der Waals surface area contributed by atoms with E-state index in [-0.39, 0.29) is 18.2 Å². The van der Waals surface area contributed by atoms with Crippen molar-refractivity contribution in [2.24, 2.45) is 0 Å². The third kappa shape index (κ3) is 4.58. The van der Waals surface area contributed by atoms with Crippen LogP contribution in [0.15, 0.2) is 28.8 Å². The first-order valence-corrected chi connectivity index (χ1v) is 6.91. The number of nitrogens with zero attached hydrogens (tertiary/aromatic N) is 4. The van der Waals surface area contributed by atoms with Crippen LogP contribution >= 0.6 is 0 Å². The maximum absolute atomic E-state index is 11.4. The van der Waals surface area contributed by atoms with Gasteiger partial charge >= 0.3 is 5.97 Å². The summed E-state index contributed by atoms with van der Waals surface area (Å²) in [6, 6.07) is 5.85. The van der Waals surface area contributed by atoms with Gasteiger partial charge in [-0.1, -0.05) is 5.16 Å². The Labute approximate surface area is 132 Å². The fraction of sp³-hybridized carbons (Fsp3) is 0.357. The van der Waals surface area contributed by atoms with E-state index >= 15 is 0 Å². The Morgan fingerprint density at radius 3 is 2.70 bits per heavy atom. The maximum atomic E-state index is 11.4. The van der Waals surface area contributed by atoms with Crippen molar-refractivity contribution in [3.63, 3.8) is 0 Å². The van der Waals surface area contributed by atoms with Crippen molar-refractivity contribution in [2.75, 3.05) is 20.2 Å². The number of ether oxygens (including phenoxy) is 1. The van der Waals surface area contributed by atoms with Gasteiger partial charge < -0.3 is 9.26 Å². The van der Waals surface area contributed by atoms with Gasteiger partial charge in [-0.05, 0) is 26.1 Å². The molecule has 9 heteroatoms. The molecule has 2 aromatic rings. The number of likely N-dealkylation sites (N-methyl/N-ethyl adjacent to an activating group) is 1. The lowest BCUT2D eigenvalue weighted by atomic mass is 10.2. The number of benzene rings is 1. The summed E-state index contributed by atoms with van der Waals surface area (Å²) in [6.07, 6.45) is 0. The van der Waals surface area contributed by atoms with Crippen LogP contribution < -0.4 is 0 Å². The topological polar surface area (TPSA) is 112 Å². The van der Waals surface area contributed by atoms with Crippen molar-refractivity contribution in [3.05, 3.63) is 40.3 Å². The Balaban J connectivity index is 2.00. The molecule has 0 spiro atoms. The van der Waals surface area contributed by atoms with Crippen LogP contribution in [-0.2, 0) is 16.1 Å². The molecule has 2 rings (SSSR count). The van der Waals surface area contributed by atoms with E-state index in [4.69, 9.17) is 9.26 Å². The highest BCUT2D eigenvalue weighted by atomic mass is 16.6. The second-order valence-corrected chi connectivity index (χ2v) is 4.79. The molecule has 0 aliphatic heterocycles. The predicted molar refractivity (Wildman–Crippen MR) is 79.4 cm³/mol. The number of esters is 1. The number of nitro benzene ring substituents is 1. The number of aromatic nitrogens is 2. The summed E-state index contributed by atoms with van der Waals surface area (Å²) in [7, 11) is 1.73. The van der Waals surface area contributed by atoms with Crippen LogP contribution in [0.5, 0.6) is 0 Å². The summed E-state index contributed by atoms with van der Waals surface area (Å²) in [5, 5.41) is 14.5. The average molecular weight is 320 g/mol. The van der Waals surface area contributed by atoms with Crippen molar-refractivity contribution in [3.8, 4) is 11.4 Å². The smallest absolute Gasteiger partial charge is 0.320 e. The van der Waals surface area contributed by atoms with E-state index in [2.05, 4.69) is 10.1 Å². The molecule has 0 aliphatic carbocycles. The minimum Gasteiger partial charge on any atom is -0.465 e. The Morgan fingerprint density at radius 2 is 2.09 bits per heavy atom. The summed E-state index contributed by atoms with van der Waals surface area (Å²) in [5.41, 5.74) is 0.602. The van der Waals surface area contributed by atoms with Crippen LogP contribution in [0.1, 0.15) is 12.8 Å². The van der Waals surface area contributed by atoms with Gasteiger partial charge in [0.15, 0.2) is 0 Å². The highest BCUT2D eigenvalue weighted by molar-refractivity contribution is 5.71. The summed E-state index contributed by atoms with van der Waals surface area (Å²) >= 11 is 0. The molecule has 122 valence electrons. The van der Waals surface area contributed by atoms with Gasteiger partial charge in [-0.25, -0.2) is 0 Å². The molecule has 0 bridgehead atoms. The third-order valence-corrected chi connectivity index (χ3v) is 2.91. The van der Waals surface area contributed by atoms with Crippen LogP contribution in [-0.4, -0.2) is 46.1 Å². The predicted octanol–water partition coefficient (Wildman–Crippen LogP) is 1.64. The SMILES string of the molecule is CCOC(=O)CN(C)Cc1nc(-c2ccc([N+](=O)[O-])cc2)no1. The quantitative estimate of drug-likeness (QED) is 0.430. The number of carbonyl (C=O) groups excluding carboxylic acids is 1. The molecular weight excluding hydrogens is 304 g/mol. The first-order chi connectivity index (χ1) is 11.0. The summed E-state index contributed by atoms with van der Waals surface area (Å²) in [5.74, 6) is 0.342. The van der Waals surface area contributed by atoms with E-state index in [9.17, 15) is 14.9 Å². The van der Waals surface area contributed by atoms with Crippen molar-refractivity contribution in [1.29, 1.82) is 0 Å². The fourth-order valence-corrected chi connectivity index (χ4v) is 1.88. The highest BCUT2D eigenvalue weighted by Crippen LogP contribution is 2.20. The monoisotopic (exact) mass is 320 g/mol. The van der Waals surface area contributed by atoms with E-state index in [0.29, 0.717) is 30.4 Å². The van der Waals surface area contributed by atoms with Gasteiger partial charge in [0.25, 0.3) is 5.69 Å². The van der Waals surface area contributed by atoms with Crippen LogP contribution in [0.3, 0.4) is 0 Å². The normalized spacial score (nSPS) is 10.7. The Morgan fingerprint density at radius 1 is 1.39 bits per heavy atom. The zero-order chi connectivity index (χ0) is 16.8. The van der Waals surface area contributed by atoms with Crippen molar-refractivity contribution in [2.45, 2.75) is 13.5 Å². The Hall–Kier alpha value is -2.81. The van der Waals surface area contributed by atoms with Crippen LogP contribution in [0.2, 0.25) is 0 Å². The number of non-ortho nitro benzene ring substituents is 1. The molecule has 23 heavy (non-hydrogen) atoms. The highest BCUT2D eigenvalue weighted by Gasteiger charge is 2.14. The molecule has 0 aliphatic rings. The second-order valence-electron chi connectivity index (χ2n) is 4.79. The zero-order valence-electron chi connectivity index (χ0n) is 12.8. The van der Waals surface area contributed by atoms with Gasteiger partial charge in [0.1, 0.15) is 0 Å². The van der Waals surface area contributed by atoms with Crippen LogP contribution in [0.25, 0.3) is 11.4 Å². The van der Waals surface area contributed by atoms with Gasteiger partial charge in [0, 0.05) is 17.7 Å². The number of hydrogen-bond acceptors (Lipinski definition) is 8. The van der Waals surface area contributed by atoms with E-state index in [1.54, 1.807) is 31.0 Å². The van der Waals surface area contributed by atoms with E-state index in [0.717, 1.165) is 0 Å². The molecule has 0 radical (unpaired) electrons. The second kappa shape index (κ2) is 7.45.